The van der Waals surface area contributed by atoms with Gasteiger partial charge in [0.15, 0.2) is 5.82 Å². The molecule has 2 atom stereocenters. The molecule has 4 aliphatic rings. The molecule has 2 aromatic carbocycles. The lowest BCUT2D eigenvalue weighted by Crippen LogP contribution is -2.57. The van der Waals surface area contributed by atoms with E-state index in [0.717, 1.165) is 68.0 Å². The van der Waals surface area contributed by atoms with Gasteiger partial charge in [-0.05, 0) is 113 Å². The number of carbonyl (C=O) groups is 1. The number of pyridine rings is 1. The van der Waals surface area contributed by atoms with Crippen LogP contribution in [0.2, 0.25) is 16.6 Å². The number of benzene rings is 2. The van der Waals surface area contributed by atoms with Gasteiger partial charge < -0.3 is 19.1 Å². The molecule has 0 aliphatic carbocycles. The van der Waals surface area contributed by atoms with E-state index < -0.39 is 19.5 Å². The minimum atomic E-state index is -2.08. The van der Waals surface area contributed by atoms with Crippen molar-refractivity contribution in [2.75, 3.05) is 44.8 Å². The summed E-state index contributed by atoms with van der Waals surface area (Å²) in [7, 11) is -0.459. The number of aromatic nitrogens is 3. The fourth-order valence-electron chi connectivity index (χ4n) is 11.3. The molecular weight excluding hydrogens is 772 g/mol. The third-order valence-corrected chi connectivity index (χ3v) is 20.3. The minimum absolute atomic E-state index is 0.0450. The number of nitrogens with zero attached hydrogens (tertiary/aromatic N) is 6. The molecule has 60 heavy (non-hydrogen) atoms. The van der Waals surface area contributed by atoms with E-state index in [-0.39, 0.29) is 40.9 Å². The number of piperazine rings is 1. The number of fused-ring (bicyclic) bond motifs is 5. The highest BCUT2D eigenvalue weighted by atomic mass is 28.3. The topological polar surface area (TPSA) is 93.2 Å². The maximum absolute atomic E-state index is 17.7. The van der Waals surface area contributed by atoms with Gasteiger partial charge in [-0.15, -0.1) is 5.54 Å². The first-order valence-electron chi connectivity index (χ1n) is 22.2. The molecule has 4 aromatic rings. The minimum Gasteiger partial charge on any atom is -0.497 e. The van der Waals surface area contributed by atoms with Crippen molar-refractivity contribution in [3.8, 4) is 34.5 Å². The molecule has 2 bridgehead atoms. The molecule has 4 aliphatic heterocycles. The van der Waals surface area contributed by atoms with Gasteiger partial charge in [0, 0.05) is 35.8 Å². The van der Waals surface area contributed by atoms with Gasteiger partial charge in [0.25, 0.3) is 0 Å². The molecule has 10 nitrogen and oxygen atoms in total. The Labute approximate surface area is 356 Å². The average molecular weight is 835 g/mol. The molecule has 320 valence electrons. The molecule has 0 radical (unpaired) electrons. The molecule has 4 fully saturated rings. The van der Waals surface area contributed by atoms with E-state index in [1.165, 1.54) is 0 Å². The Morgan fingerprint density at radius 2 is 1.65 bits per heavy atom. The fourth-order valence-corrected chi connectivity index (χ4v) is 16.5. The Bertz CT molecular complexity index is 2310. The lowest BCUT2D eigenvalue weighted by Gasteiger charge is -2.42. The Hall–Kier alpha value is -4.47. The summed E-state index contributed by atoms with van der Waals surface area (Å²) in [6.07, 6.45) is 7.52. The van der Waals surface area contributed by atoms with Crippen LogP contribution in [0.15, 0.2) is 36.5 Å². The molecule has 0 N–H and O–H groups in total. The lowest BCUT2D eigenvalue weighted by atomic mass is 9.95. The van der Waals surface area contributed by atoms with Crippen molar-refractivity contribution in [1.82, 2.24) is 24.8 Å². The van der Waals surface area contributed by atoms with Gasteiger partial charge in [-0.3, -0.25) is 14.8 Å². The highest BCUT2D eigenvalue weighted by Crippen LogP contribution is 2.44. The standard InChI is InChI=1S/C48H63FN6O4Si/c1-30(2)60(31(3)4,32(5)6)23-18-33-14-11-15-34-24-37(57-10)25-38(40(33)34)42-41(49)43-39(26-50-42)44(52-45(51-43)58-29-48-19-12-21-54(48)22-13-20-48)53-27-35-16-17-36(28-53)55(35)46(56)59-47(7,8)9/h11,14-15,24-26,30-32,35-36H,12-13,16-17,19-22,27-29H2,1-10H3. The van der Waals surface area contributed by atoms with Gasteiger partial charge in [0.1, 0.15) is 43.1 Å². The van der Waals surface area contributed by atoms with Crippen LogP contribution in [0, 0.1) is 17.3 Å². The Morgan fingerprint density at radius 3 is 2.27 bits per heavy atom. The van der Waals surface area contributed by atoms with Crippen molar-refractivity contribution in [3.63, 3.8) is 0 Å². The van der Waals surface area contributed by atoms with Crippen LogP contribution in [-0.2, 0) is 4.74 Å². The Kier molecular flexibility index (Phi) is 11.3. The molecule has 0 spiro atoms. The quantitative estimate of drug-likeness (QED) is 0.121. The van der Waals surface area contributed by atoms with Crippen molar-refractivity contribution >= 4 is 41.7 Å². The van der Waals surface area contributed by atoms with Gasteiger partial charge in [-0.25, -0.2) is 9.18 Å². The number of anilines is 1. The summed E-state index contributed by atoms with van der Waals surface area (Å²) in [4.78, 5) is 34.8. The third kappa shape index (κ3) is 7.48. The maximum atomic E-state index is 17.7. The lowest BCUT2D eigenvalue weighted by molar-refractivity contribution is 0.0122. The zero-order valence-electron chi connectivity index (χ0n) is 37.3. The monoisotopic (exact) mass is 834 g/mol. The second-order valence-electron chi connectivity index (χ2n) is 19.6. The van der Waals surface area contributed by atoms with Crippen LogP contribution in [0.4, 0.5) is 15.0 Å². The van der Waals surface area contributed by atoms with Crippen molar-refractivity contribution in [2.24, 2.45) is 0 Å². The number of hydrogen-bond donors (Lipinski definition) is 0. The largest absolute Gasteiger partial charge is 0.497 e. The summed E-state index contributed by atoms with van der Waals surface area (Å²) in [5.41, 5.74) is 6.40. The SMILES string of the molecule is COc1cc(-c2ncc3c(N4CC5CCC(C4)N5C(=O)OC(C)(C)C)nc(OCC45CCCN4CCC5)nc3c2F)c2c(C#C[Si](C(C)C)(C(C)C)C(C)C)cccc2c1. The molecule has 12 heteroatoms. The molecule has 4 saturated heterocycles. The first kappa shape index (κ1) is 42.2. The highest BCUT2D eigenvalue weighted by Gasteiger charge is 2.47. The Morgan fingerprint density at radius 1 is 0.983 bits per heavy atom. The summed E-state index contributed by atoms with van der Waals surface area (Å²) in [6.45, 7) is 23.2. The van der Waals surface area contributed by atoms with Crippen LogP contribution in [-0.4, -0.2) is 102 Å². The number of carbonyl (C=O) groups excluding carboxylic acids is 1. The van der Waals surface area contributed by atoms with E-state index >= 15 is 4.39 Å². The van der Waals surface area contributed by atoms with Crippen molar-refractivity contribution in [2.45, 2.75) is 141 Å². The zero-order chi connectivity index (χ0) is 42.7. The van der Waals surface area contributed by atoms with Crippen molar-refractivity contribution < 1.29 is 23.4 Å². The fraction of sp³-hybridized carbons (Fsp3) is 0.583. The summed E-state index contributed by atoms with van der Waals surface area (Å²) >= 11 is 0. The Balaban J connectivity index is 1.26. The molecule has 0 saturated carbocycles. The molecule has 6 heterocycles. The van der Waals surface area contributed by atoms with Gasteiger partial charge in [-0.2, -0.15) is 9.97 Å². The number of methoxy groups -OCH3 is 1. The van der Waals surface area contributed by atoms with E-state index in [2.05, 4.69) is 62.8 Å². The number of ether oxygens (including phenoxy) is 3. The number of halogens is 1. The van der Waals surface area contributed by atoms with Crippen LogP contribution >= 0.6 is 0 Å². The van der Waals surface area contributed by atoms with Gasteiger partial charge >= 0.3 is 12.1 Å². The normalized spacial score (nSPS) is 20.4. The molecule has 2 aromatic heterocycles. The van der Waals surface area contributed by atoms with Crippen LogP contribution in [0.1, 0.15) is 106 Å². The van der Waals surface area contributed by atoms with Gasteiger partial charge in [0.2, 0.25) is 0 Å². The second kappa shape index (κ2) is 16.1. The van der Waals surface area contributed by atoms with E-state index in [1.807, 2.05) is 56.0 Å². The van der Waals surface area contributed by atoms with Crippen molar-refractivity contribution in [3.05, 3.63) is 47.9 Å². The van der Waals surface area contributed by atoms with E-state index in [4.69, 9.17) is 29.2 Å². The first-order chi connectivity index (χ1) is 28.5. The molecule has 8 rings (SSSR count). The predicted octanol–water partition coefficient (Wildman–Crippen LogP) is 10.2. The predicted molar refractivity (Wildman–Crippen MR) is 240 cm³/mol. The third-order valence-electron chi connectivity index (χ3n) is 14.0. The van der Waals surface area contributed by atoms with Crippen LogP contribution in [0.5, 0.6) is 11.8 Å². The van der Waals surface area contributed by atoms with E-state index in [0.29, 0.717) is 58.8 Å². The summed E-state index contributed by atoms with van der Waals surface area (Å²) in [5.74, 6) is 4.28. The van der Waals surface area contributed by atoms with Crippen LogP contribution < -0.4 is 14.4 Å². The molecular formula is C48H63FN6O4Si. The second-order valence-corrected chi connectivity index (χ2v) is 25.2. The zero-order valence-corrected chi connectivity index (χ0v) is 38.3. The summed E-state index contributed by atoms with van der Waals surface area (Å²) in [6, 6.07) is 9.94. The summed E-state index contributed by atoms with van der Waals surface area (Å²) < 4.78 is 35.9. The highest BCUT2D eigenvalue weighted by molar-refractivity contribution is 6.90. The number of hydrogen-bond acceptors (Lipinski definition) is 9. The van der Waals surface area contributed by atoms with Gasteiger partial charge in [0.05, 0.1) is 30.1 Å². The molecule has 2 unspecified atom stereocenters. The van der Waals surface area contributed by atoms with E-state index in [9.17, 15) is 4.79 Å². The number of amides is 1. The van der Waals surface area contributed by atoms with Crippen molar-refractivity contribution in [1.29, 1.82) is 0 Å². The van der Waals surface area contributed by atoms with Gasteiger partial charge in [-0.1, -0.05) is 59.6 Å². The molecule has 1 amide bonds. The maximum Gasteiger partial charge on any atom is 0.410 e. The van der Waals surface area contributed by atoms with Crippen LogP contribution in [0.25, 0.3) is 32.9 Å². The summed E-state index contributed by atoms with van der Waals surface area (Å²) in [5, 5.41) is 2.23. The van der Waals surface area contributed by atoms with E-state index in [1.54, 1.807) is 13.3 Å². The van der Waals surface area contributed by atoms with Crippen LogP contribution in [0.3, 0.4) is 0 Å². The number of rotatable bonds is 9. The first-order valence-corrected chi connectivity index (χ1v) is 24.4. The smallest absolute Gasteiger partial charge is 0.410 e. The average Bonchev–Trinajstić information content (AvgIpc) is 3.86.